The van der Waals surface area contributed by atoms with Crippen LogP contribution in [0.1, 0.15) is 6.42 Å². The summed E-state index contributed by atoms with van der Waals surface area (Å²) in [7, 11) is 0. The highest BCUT2D eigenvalue weighted by molar-refractivity contribution is 7.99. The highest BCUT2D eigenvalue weighted by atomic mass is 32.2. The lowest BCUT2D eigenvalue weighted by Gasteiger charge is -2.43. The summed E-state index contributed by atoms with van der Waals surface area (Å²) in [6.45, 7) is 0.213. The highest BCUT2D eigenvalue weighted by Gasteiger charge is 2.46. The predicted octanol–water partition coefficient (Wildman–Crippen LogP) is -2.99. The van der Waals surface area contributed by atoms with Crippen LogP contribution in [0.4, 0.5) is 0 Å². The van der Waals surface area contributed by atoms with Crippen molar-refractivity contribution in [2.75, 3.05) is 31.3 Å². The molecule has 2 aliphatic rings. The summed E-state index contributed by atoms with van der Waals surface area (Å²) >= 11 is 1.59. The van der Waals surface area contributed by atoms with Crippen LogP contribution in [0.25, 0.3) is 0 Å². The molecule has 2 fully saturated rings. The normalized spacial score (nSPS) is 43.8. The number of nitrogens with two attached hydrogens (primary N) is 1. The lowest BCUT2D eigenvalue weighted by molar-refractivity contribution is -0.323. The number of hydrogen-bond donors (Lipinski definition) is 6. The zero-order valence-corrected chi connectivity index (χ0v) is 14.1. The van der Waals surface area contributed by atoms with Gasteiger partial charge < -0.3 is 45.5 Å². The summed E-state index contributed by atoms with van der Waals surface area (Å²) in [6.07, 6.45) is -7.96. The zero-order valence-electron chi connectivity index (χ0n) is 13.3. The molecule has 0 aromatic rings. The maximum Gasteiger partial charge on any atom is 0.187 e. The van der Waals surface area contributed by atoms with Crippen molar-refractivity contribution in [2.24, 2.45) is 5.73 Å². The summed E-state index contributed by atoms with van der Waals surface area (Å²) in [5.74, 6) is 1.36. The fourth-order valence-corrected chi connectivity index (χ4v) is 3.64. The molecule has 2 aliphatic heterocycles. The van der Waals surface area contributed by atoms with E-state index in [2.05, 4.69) is 0 Å². The molecule has 2 heterocycles. The van der Waals surface area contributed by atoms with Crippen LogP contribution in [0.2, 0.25) is 0 Å². The number of rotatable bonds is 7. The Labute approximate surface area is 144 Å². The fraction of sp³-hybridized carbons (Fsp3) is 1.00. The Morgan fingerprint density at radius 2 is 1.83 bits per heavy atom. The maximum atomic E-state index is 10.1. The van der Waals surface area contributed by atoms with Gasteiger partial charge in [-0.25, -0.2) is 0 Å². The number of thioether (sulfide) groups is 1. The van der Waals surface area contributed by atoms with Crippen LogP contribution < -0.4 is 5.73 Å². The molecular formula is C14H27NO8S. The minimum absolute atomic E-state index is 0.197. The van der Waals surface area contributed by atoms with Gasteiger partial charge in [0.1, 0.15) is 24.4 Å². The van der Waals surface area contributed by atoms with Crippen LogP contribution in [0.5, 0.6) is 0 Å². The molecule has 24 heavy (non-hydrogen) atoms. The van der Waals surface area contributed by atoms with E-state index in [1.807, 2.05) is 0 Å². The van der Waals surface area contributed by atoms with E-state index in [9.17, 15) is 25.5 Å². The highest BCUT2D eigenvalue weighted by Crippen LogP contribution is 2.28. The van der Waals surface area contributed by atoms with E-state index in [0.29, 0.717) is 18.7 Å². The molecule has 0 radical (unpaired) electrons. The quantitative estimate of drug-likeness (QED) is 0.256. The van der Waals surface area contributed by atoms with Gasteiger partial charge >= 0.3 is 0 Å². The number of hydrogen-bond acceptors (Lipinski definition) is 10. The third kappa shape index (κ3) is 5.01. The Morgan fingerprint density at radius 1 is 1.08 bits per heavy atom. The van der Waals surface area contributed by atoms with Gasteiger partial charge in [0.25, 0.3) is 0 Å². The number of aliphatic hydroxyl groups is 5. The molecule has 0 amide bonds. The monoisotopic (exact) mass is 369 g/mol. The average molecular weight is 369 g/mol. The molecular weight excluding hydrogens is 342 g/mol. The molecule has 0 aliphatic carbocycles. The molecule has 2 saturated heterocycles. The van der Waals surface area contributed by atoms with E-state index in [1.165, 1.54) is 0 Å². The first-order valence-corrected chi connectivity index (χ1v) is 9.16. The van der Waals surface area contributed by atoms with Crippen molar-refractivity contribution in [3.8, 4) is 0 Å². The molecule has 0 saturated carbocycles. The van der Waals surface area contributed by atoms with Gasteiger partial charge in [0.15, 0.2) is 6.29 Å². The van der Waals surface area contributed by atoms with E-state index in [-0.39, 0.29) is 12.7 Å². The minimum atomic E-state index is -1.50. The van der Waals surface area contributed by atoms with Gasteiger partial charge in [-0.15, -0.1) is 0 Å². The van der Waals surface area contributed by atoms with Crippen LogP contribution in [-0.4, -0.2) is 106 Å². The Balaban J connectivity index is 1.98. The van der Waals surface area contributed by atoms with E-state index in [4.69, 9.17) is 19.9 Å². The largest absolute Gasteiger partial charge is 0.394 e. The molecule has 8 atom stereocenters. The van der Waals surface area contributed by atoms with Crippen molar-refractivity contribution in [3.63, 3.8) is 0 Å². The first-order valence-electron chi connectivity index (χ1n) is 8.01. The van der Waals surface area contributed by atoms with Gasteiger partial charge in [0.05, 0.1) is 31.5 Å². The summed E-state index contributed by atoms with van der Waals surface area (Å²) in [5, 5.41) is 48.7. The molecule has 7 N–H and O–H groups in total. The lowest BCUT2D eigenvalue weighted by Crippen LogP contribution is -2.60. The second-order valence-corrected chi connectivity index (χ2v) is 7.15. The third-order valence-corrected chi connectivity index (χ3v) is 5.21. The van der Waals surface area contributed by atoms with E-state index in [1.54, 1.807) is 11.8 Å². The molecule has 142 valence electrons. The summed E-state index contributed by atoms with van der Waals surface area (Å²) in [6, 6.07) is 0. The van der Waals surface area contributed by atoms with Gasteiger partial charge in [-0.3, -0.25) is 0 Å². The van der Waals surface area contributed by atoms with Gasteiger partial charge in [-0.1, -0.05) is 0 Å². The van der Waals surface area contributed by atoms with E-state index < -0.39 is 49.5 Å². The standard InChI is InChI=1S/C14H27NO8S/c15-1-2-24-6-10-8(3-7(17)5-21-10)22-14-13(20)12(19)11(18)9(4-16)23-14/h7-14,16-20H,1-6,15H2. The maximum absolute atomic E-state index is 10.1. The summed E-state index contributed by atoms with van der Waals surface area (Å²) < 4.78 is 16.7. The van der Waals surface area contributed by atoms with Crippen molar-refractivity contribution in [1.82, 2.24) is 0 Å². The van der Waals surface area contributed by atoms with Gasteiger partial charge in [-0.2, -0.15) is 11.8 Å². The number of ether oxygens (including phenoxy) is 3. The van der Waals surface area contributed by atoms with Crippen molar-refractivity contribution in [2.45, 2.75) is 55.4 Å². The Hall–Kier alpha value is -0.0100. The molecule has 10 heteroatoms. The van der Waals surface area contributed by atoms with Crippen LogP contribution in [-0.2, 0) is 14.2 Å². The minimum Gasteiger partial charge on any atom is -0.394 e. The van der Waals surface area contributed by atoms with Crippen LogP contribution in [0, 0.1) is 0 Å². The summed E-state index contributed by atoms with van der Waals surface area (Å²) in [4.78, 5) is 0. The van der Waals surface area contributed by atoms with Gasteiger partial charge in [0, 0.05) is 24.5 Å². The van der Waals surface area contributed by atoms with Gasteiger partial charge in [0.2, 0.25) is 0 Å². The SMILES string of the molecule is NCCSCC1OCC(O)CC1OC1OC(CO)C(O)C(O)C1O. The lowest BCUT2D eigenvalue weighted by atomic mass is 9.98. The molecule has 0 aromatic heterocycles. The van der Waals surface area contributed by atoms with Crippen LogP contribution in [0.15, 0.2) is 0 Å². The average Bonchev–Trinajstić information content (AvgIpc) is 2.57. The predicted molar refractivity (Wildman–Crippen MR) is 85.4 cm³/mol. The molecule has 0 bridgehead atoms. The smallest absolute Gasteiger partial charge is 0.187 e. The van der Waals surface area contributed by atoms with E-state index >= 15 is 0 Å². The van der Waals surface area contributed by atoms with Crippen molar-refractivity contribution in [1.29, 1.82) is 0 Å². The molecule has 0 spiro atoms. The van der Waals surface area contributed by atoms with Crippen LogP contribution >= 0.6 is 11.8 Å². The molecule has 9 nitrogen and oxygen atoms in total. The second kappa shape index (κ2) is 9.62. The molecule has 8 unspecified atom stereocenters. The Bertz CT molecular complexity index is 377. The summed E-state index contributed by atoms with van der Waals surface area (Å²) in [5.41, 5.74) is 5.47. The van der Waals surface area contributed by atoms with E-state index in [0.717, 1.165) is 5.75 Å². The Kier molecular flexibility index (Phi) is 8.14. The first-order chi connectivity index (χ1) is 11.5. The van der Waals surface area contributed by atoms with Gasteiger partial charge in [-0.05, 0) is 0 Å². The van der Waals surface area contributed by atoms with Crippen molar-refractivity contribution in [3.05, 3.63) is 0 Å². The van der Waals surface area contributed by atoms with Crippen LogP contribution in [0.3, 0.4) is 0 Å². The van der Waals surface area contributed by atoms with Crippen molar-refractivity contribution < 1.29 is 39.7 Å². The second-order valence-electron chi connectivity index (χ2n) is 6.00. The fourth-order valence-electron chi connectivity index (χ4n) is 2.76. The number of aliphatic hydroxyl groups excluding tert-OH is 5. The molecule has 2 rings (SSSR count). The van der Waals surface area contributed by atoms with Crippen molar-refractivity contribution >= 4 is 11.8 Å². The first kappa shape index (κ1) is 20.3. The third-order valence-electron chi connectivity index (χ3n) is 4.12. The topological polar surface area (TPSA) is 155 Å². The molecule has 0 aromatic carbocycles. The Morgan fingerprint density at radius 3 is 2.50 bits per heavy atom. The zero-order chi connectivity index (χ0) is 17.7.